The number of anilines is 1. The Balaban J connectivity index is 1.76. The van der Waals surface area contributed by atoms with E-state index in [1.165, 1.54) is 0 Å². The molecule has 0 amide bonds. The third-order valence-corrected chi connectivity index (χ3v) is 2.91. The molecule has 3 nitrogen and oxygen atoms in total. The predicted molar refractivity (Wildman–Crippen MR) is 63.3 cm³/mol. The molecular formula is C12H18FN3. The van der Waals surface area contributed by atoms with Gasteiger partial charge in [-0.1, -0.05) is 0 Å². The summed E-state index contributed by atoms with van der Waals surface area (Å²) in [7, 11) is 0. The van der Waals surface area contributed by atoms with E-state index in [4.69, 9.17) is 0 Å². The molecule has 0 aliphatic carbocycles. The van der Waals surface area contributed by atoms with Crippen LogP contribution < -0.4 is 5.32 Å². The summed E-state index contributed by atoms with van der Waals surface area (Å²) < 4.78 is 12.0. The topological polar surface area (TPSA) is 28.2 Å². The van der Waals surface area contributed by atoms with Crippen LogP contribution in [0.3, 0.4) is 0 Å². The van der Waals surface area contributed by atoms with Crippen molar-refractivity contribution in [2.45, 2.75) is 18.9 Å². The van der Waals surface area contributed by atoms with Crippen molar-refractivity contribution in [3.8, 4) is 0 Å². The van der Waals surface area contributed by atoms with Crippen molar-refractivity contribution < 1.29 is 4.39 Å². The van der Waals surface area contributed by atoms with Crippen molar-refractivity contribution in [2.24, 2.45) is 0 Å². The zero-order valence-electron chi connectivity index (χ0n) is 9.40. The Morgan fingerprint density at radius 3 is 3.25 bits per heavy atom. The lowest BCUT2D eigenvalue weighted by Crippen LogP contribution is -2.27. The number of halogens is 1. The Kier molecular flexibility index (Phi) is 4.10. The molecular weight excluding hydrogens is 205 g/mol. The molecule has 1 aromatic rings. The van der Waals surface area contributed by atoms with E-state index in [1.807, 2.05) is 18.3 Å². The quantitative estimate of drug-likeness (QED) is 0.826. The average molecular weight is 223 g/mol. The molecule has 1 unspecified atom stereocenters. The molecule has 88 valence electrons. The first-order chi connectivity index (χ1) is 7.88. The van der Waals surface area contributed by atoms with E-state index >= 15 is 0 Å². The van der Waals surface area contributed by atoms with E-state index in [-0.39, 0.29) is 6.67 Å². The van der Waals surface area contributed by atoms with Gasteiger partial charge in [0.1, 0.15) is 0 Å². The highest BCUT2D eigenvalue weighted by Gasteiger charge is 2.21. The molecule has 4 heteroatoms. The highest BCUT2D eigenvalue weighted by molar-refractivity contribution is 5.41. The smallest absolute Gasteiger partial charge is 0.0906 e. The predicted octanol–water partition coefficient (Wildman–Crippen LogP) is 1.93. The van der Waals surface area contributed by atoms with E-state index in [9.17, 15) is 4.39 Å². The number of aromatic nitrogens is 1. The van der Waals surface area contributed by atoms with E-state index < -0.39 is 0 Å². The average Bonchev–Trinajstić information content (AvgIpc) is 2.75. The Bertz CT molecular complexity index is 304. The molecule has 0 bridgehead atoms. The van der Waals surface area contributed by atoms with E-state index in [0.717, 1.165) is 31.7 Å². The summed E-state index contributed by atoms with van der Waals surface area (Å²) in [6, 6.07) is 4.43. The van der Waals surface area contributed by atoms with Crippen molar-refractivity contribution >= 4 is 5.69 Å². The second kappa shape index (κ2) is 5.80. The maximum absolute atomic E-state index is 12.0. The third-order valence-electron chi connectivity index (χ3n) is 2.91. The Labute approximate surface area is 95.7 Å². The standard InChI is InChI=1S/C12H18FN3/c13-5-2-7-16-8-4-12(10-16)15-11-3-1-6-14-9-11/h1,3,6,9,12,15H,2,4-5,7-8,10H2. The van der Waals surface area contributed by atoms with Gasteiger partial charge in [-0.25, -0.2) is 0 Å². The minimum atomic E-state index is -0.211. The zero-order valence-corrected chi connectivity index (χ0v) is 9.40. The first-order valence-corrected chi connectivity index (χ1v) is 5.83. The molecule has 0 saturated carbocycles. The first kappa shape index (κ1) is 11.3. The zero-order chi connectivity index (χ0) is 11.2. The second-order valence-corrected chi connectivity index (χ2v) is 4.21. The molecule has 1 saturated heterocycles. The maximum Gasteiger partial charge on any atom is 0.0906 e. The monoisotopic (exact) mass is 223 g/mol. The van der Waals surface area contributed by atoms with Gasteiger partial charge in [0, 0.05) is 38.1 Å². The van der Waals surface area contributed by atoms with Crippen LogP contribution in [0.2, 0.25) is 0 Å². The minimum absolute atomic E-state index is 0.211. The number of likely N-dealkylation sites (tertiary alicyclic amines) is 1. The van der Waals surface area contributed by atoms with Crippen molar-refractivity contribution in [1.29, 1.82) is 0 Å². The molecule has 1 fully saturated rings. The fraction of sp³-hybridized carbons (Fsp3) is 0.583. The lowest BCUT2D eigenvalue weighted by Gasteiger charge is -2.16. The summed E-state index contributed by atoms with van der Waals surface area (Å²) in [6.07, 6.45) is 5.39. The number of hydrogen-bond acceptors (Lipinski definition) is 3. The summed E-state index contributed by atoms with van der Waals surface area (Å²) >= 11 is 0. The van der Waals surface area contributed by atoms with E-state index in [2.05, 4.69) is 15.2 Å². The number of pyridine rings is 1. The summed E-state index contributed by atoms with van der Waals surface area (Å²) in [5, 5.41) is 3.45. The molecule has 0 spiro atoms. The van der Waals surface area contributed by atoms with Gasteiger partial charge in [-0.2, -0.15) is 0 Å². The highest BCUT2D eigenvalue weighted by atomic mass is 19.1. The number of nitrogens with one attached hydrogen (secondary N) is 1. The van der Waals surface area contributed by atoms with Gasteiger partial charge in [-0.05, 0) is 25.0 Å². The molecule has 16 heavy (non-hydrogen) atoms. The van der Waals surface area contributed by atoms with E-state index in [0.29, 0.717) is 12.5 Å². The number of rotatable bonds is 5. The van der Waals surface area contributed by atoms with Gasteiger partial charge in [0.25, 0.3) is 0 Å². The molecule has 1 aromatic heterocycles. The lowest BCUT2D eigenvalue weighted by molar-refractivity contribution is 0.310. The molecule has 2 rings (SSSR count). The fourth-order valence-electron chi connectivity index (χ4n) is 2.12. The van der Waals surface area contributed by atoms with Gasteiger partial charge in [0.15, 0.2) is 0 Å². The van der Waals surface area contributed by atoms with Crippen LogP contribution in [-0.4, -0.2) is 42.2 Å². The Morgan fingerprint density at radius 1 is 1.56 bits per heavy atom. The van der Waals surface area contributed by atoms with Gasteiger partial charge in [0.2, 0.25) is 0 Å². The van der Waals surface area contributed by atoms with Crippen molar-refractivity contribution in [1.82, 2.24) is 9.88 Å². The van der Waals surface area contributed by atoms with Crippen molar-refractivity contribution in [2.75, 3.05) is 31.6 Å². The first-order valence-electron chi connectivity index (χ1n) is 5.83. The number of nitrogens with zero attached hydrogens (tertiary/aromatic N) is 2. The van der Waals surface area contributed by atoms with Gasteiger partial charge in [-0.3, -0.25) is 9.37 Å². The van der Waals surface area contributed by atoms with Crippen LogP contribution in [0, 0.1) is 0 Å². The minimum Gasteiger partial charge on any atom is -0.380 e. The van der Waals surface area contributed by atoms with Crippen LogP contribution in [0.15, 0.2) is 24.5 Å². The van der Waals surface area contributed by atoms with Crippen LogP contribution >= 0.6 is 0 Å². The second-order valence-electron chi connectivity index (χ2n) is 4.21. The Hall–Kier alpha value is -1.16. The van der Waals surface area contributed by atoms with Crippen LogP contribution in [0.4, 0.5) is 10.1 Å². The molecule has 1 atom stereocenters. The molecule has 1 aliphatic rings. The van der Waals surface area contributed by atoms with Crippen molar-refractivity contribution in [3.63, 3.8) is 0 Å². The normalized spacial score (nSPS) is 21.2. The highest BCUT2D eigenvalue weighted by Crippen LogP contribution is 2.14. The molecule has 1 aliphatic heterocycles. The van der Waals surface area contributed by atoms with E-state index in [1.54, 1.807) is 6.20 Å². The SMILES string of the molecule is FCCCN1CCC(Nc2cccnc2)C1. The summed E-state index contributed by atoms with van der Waals surface area (Å²) in [5.41, 5.74) is 1.07. The van der Waals surface area contributed by atoms with Gasteiger partial charge < -0.3 is 10.2 Å². The maximum atomic E-state index is 12.0. The lowest BCUT2D eigenvalue weighted by atomic mass is 10.2. The summed E-state index contributed by atoms with van der Waals surface area (Å²) in [5.74, 6) is 0. The third kappa shape index (κ3) is 3.17. The van der Waals surface area contributed by atoms with Gasteiger partial charge in [0.05, 0.1) is 12.4 Å². The molecule has 2 heterocycles. The van der Waals surface area contributed by atoms with Gasteiger partial charge in [-0.15, -0.1) is 0 Å². The largest absolute Gasteiger partial charge is 0.380 e. The Morgan fingerprint density at radius 2 is 2.50 bits per heavy atom. The number of hydrogen-bond donors (Lipinski definition) is 1. The van der Waals surface area contributed by atoms with Gasteiger partial charge >= 0.3 is 0 Å². The van der Waals surface area contributed by atoms with Crippen LogP contribution in [-0.2, 0) is 0 Å². The number of alkyl halides is 1. The van der Waals surface area contributed by atoms with Crippen LogP contribution in [0.25, 0.3) is 0 Å². The van der Waals surface area contributed by atoms with Crippen molar-refractivity contribution in [3.05, 3.63) is 24.5 Å². The molecule has 0 aromatic carbocycles. The van der Waals surface area contributed by atoms with Crippen LogP contribution in [0.5, 0.6) is 0 Å². The fourth-order valence-corrected chi connectivity index (χ4v) is 2.12. The molecule has 0 radical (unpaired) electrons. The van der Waals surface area contributed by atoms with Crippen LogP contribution in [0.1, 0.15) is 12.8 Å². The molecule has 1 N–H and O–H groups in total. The summed E-state index contributed by atoms with van der Waals surface area (Å²) in [6.45, 7) is 2.74. The summed E-state index contributed by atoms with van der Waals surface area (Å²) in [4.78, 5) is 6.38.